The Balaban J connectivity index is 1.77. The van der Waals surface area contributed by atoms with Crippen molar-refractivity contribution in [3.63, 3.8) is 0 Å². The van der Waals surface area contributed by atoms with Crippen LogP contribution in [0.4, 0.5) is 5.69 Å². The SMILES string of the molecule is C(#Cc1ccccc1)CC(Nc1ccccc1)c1ccccc1. The van der Waals surface area contributed by atoms with Crippen LogP contribution in [0.5, 0.6) is 0 Å². The van der Waals surface area contributed by atoms with Crippen molar-refractivity contribution in [2.24, 2.45) is 0 Å². The average Bonchev–Trinajstić information content (AvgIpc) is 2.63. The first-order valence-corrected chi connectivity index (χ1v) is 7.82. The first kappa shape index (κ1) is 14.9. The number of nitrogens with one attached hydrogen (secondary N) is 1. The monoisotopic (exact) mass is 297 g/mol. The first-order chi connectivity index (χ1) is 11.4. The van der Waals surface area contributed by atoms with Crippen molar-refractivity contribution in [3.05, 3.63) is 102 Å². The molecule has 0 bridgehead atoms. The van der Waals surface area contributed by atoms with Gasteiger partial charge in [0.15, 0.2) is 0 Å². The average molecular weight is 297 g/mol. The summed E-state index contributed by atoms with van der Waals surface area (Å²) in [5.74, 6) is 6.55. The highest BCUT2D eigenvalue weighted by atomic mass is 14.9. The maximum absolute atomic E-state index is 3.58. The fraction of sp³-hybridized carbons (Fsp3) is 0.0909. The van der Waals surface area contributed by atoms with Gasteiger partial charge >= 0.3 is 0 Å². The van der Waals surface area contributed by atoms with Crippen LogP contribution in [0.25, 0.3) is 0 Å². The van der Waals surface area contributed by atoms with Gasteiger partial charge < -0.3 is 5.32 Å². The van der Waals surface area contributed by atoms with Crippen LogP contribution in [0.1, 0.15) is 23.6 Å². The number of rotatable bonds is 4. The molecule has 1 unspecified atom stereocenters. The fourth-order valence-electron chi connectivity index (χ4n) is 2.45. The number of benzene rings is 3. The van der Waals surface area contributed by atoms with Gasteiger partial charge in [-0.15, -0.1) is 0 Å². The molecule has 0 amide bonds. The summed E-state index contributed by atoms with van der Waals surface area (Å²) in [6.07, 6.45) is 0.758. The largest absolute Gasteiger partial charge is 0.377 e. The van der Waals surface area contributed by atoms with Gasteiger partial charge in [-0.1, -0.05) is 78.6 Å². The summed E-state index contributed by atoms with van der Waals surface area (Å²) in [6.45, 7) is 0. The first-order valence-electron chi connectivity index (χ1n) is 7.82. The molecule has 0 fully saturated rings. The summed E-state index contributed by atoms with van der Waals surface area (Å²) in [6, 6.07) is 31.0. The van der Waals surface area contributed by atoms with Gasteiger partial charge in [-0.3, -0.25) is 0 Å². The molecule has 112 valence electrons. The fourth-order valence-corrected chi connectivity index (χ4v) is 2.45. The summed E-state index contributed by atoms with van der Waals surface area (Å²) in [4.78, 5) is 0. The standard InChI is InChI=1S/C22H19N/c1-4-11-19(12-5-1)13-10-18-22(20-14-6-2-7-15-20)23-21-16-8-3-9-17-21/h1-9,11-12,14-17,22-23H,18H2. The molecule has 3 aromatic rings. The Morgan fingerprint density at radius 2 is 1.26 bits per heavy atom. The van der Waals surface area contributed by atoms with Crippen molar-refractivity contribution in [2.75, 3.05) is 5.32 Å². The minimum Gasteiger partial charge on any atom is -0.377 e. The molecule has 1 heteroatoms. The molecule has 0 saturated heterocycles. The molecule has 0 aliphatic heterocycles. The Kier molecular flexibility index (Phi) is 5.11. The van der Waals surface area contributed by atoms with E-state index in [1.54, 1.807) is 0 Å². The van der Waals surface area contributed by atoms with Gasteiger partial charge in [-0.25, -0.2) is 0 Å². The van der Waals surface area contributed by atoms with Gasteiger partial charge in [0.2, 0.25) is 0 Å². The summed E-state index contributed by atoms with van der Waals surface area (Å²) in [5.41, 5.74) is 3.42. The molecule has 3 aromatic carbocycles. The van der Waals surface area contributed by atoms with Crippen LogP contribution >= 0.6 is 0 Å². The number of anilines is 1. The van der Waals surface area contributed by atoms with Crippen molar-refractivity contribution >= 4 is 5.69 Å². The predicted molar refractivity (Wildman–Crippen MR) is 97.2 cm³/mol. The van der Waals surface area contributed by atoms with E-state index < -0.39 is 0 Å². The van der Waals surface area contributed by atoms with Crippen molar-refractivity contribution in [3.8, 4) is 11.8 Å². The van der Waals surface area contributed by atoms with E-state index in [9.17, 15) is 0 Å². The van der Waals surface area contributed by atoms with Gasteiger partial charge in [0.05, 0.1) is 6.04 Å². The van der Waals surface area contributed by atoms with Gasteiger partial charge in [-0.05, 0) is 29.8 Å². The second-order valence-corrected chi connectivity index (χ2v) is 5.35. The van der Waals surface area contributed by atoms with Crippen LogP contribution in [0.3, 0.4) is 0 Å². The van der Waals surface area contributed by atoms with Gasteiger partial charge in [0.1, 0.15) is 0 Å². The summed E-state index contributed by atoms with van der Waals surface area (Å²) in [5, 5.41) is 3.58. The van der Waals surface area contributed by atoms with E-state index in [0.29, 0.717) is 0 Å². The summed E-state index contributed by atoms with van der Waals surface area (Å²) in [7, 11) is 0. The lowest BCUT2D eigenvalue weighted by Gasteiger charge is -2.18. The number of hydrogen-bond donors (Lipinski definition) is 1. The second-order valence-electron chi connectivity index (χ2n) is 5.35. The Hall–Kier alpha value is -2.98. The van der Waals surface area contributed by atoms with E-state index >= 15 is 0 Å². The van der Waals surface area contributed by atoms with E-state index in [-0.39, 0.29) is 6.04 Å². The van der Waals surface area contributed by atoms with Crippen LogP contribution in [-0.4, -0.2) is 0 Å². The molecule has 0 aromatic heterocycles. The molecule has 0 radical (unpaired) electrons. The Bertz CT molecular complexity index is 768. The van der Waals surface area contributed by atoms with Gasteiger partial charge in [0, 0.05) is 17.7 Å². The third-order valence-corrected chi connectivity index (χ3v) is 3.63. The van der Waals surface area contributed by atoms with Crippen molar-refractivity contribution < 1.29 is 0 Å². The Labute approximate surface area is 138 Å². The maximum atomic E-state index is 3.58. The number of hydrogen-bond acceptors (Lipinski definition) is 1. The zero-order chi connectivity index (χ0) is 15.7. The molecule has 0 aliphatic carbocycles. The molecular weight excluding hydrogens is 278 g/mol. The molecule has 0 aliphatic rings. The molecule has 3 rings (SSSR count). The third-order valence-electron chi connectivity index (χ3n) is 3.63. The summed E-state index contributed by atoms with van der Waals surface area (Å²) >= 11 is 0. The molecule has 1 N–H and O–H groups in total. The molecule has 23 heavy (non-hydrogen) atoms. The maximum Gasteiger partial charge on any atom is 0.0623 e. The molecule has 0 heterocycles. The van der Waals surface area contributed by atoms with E-state index in [0.717, 1.165) is 17.7 Å². The van der Waals surface area contributed by atoms with Crippen molar-refractivity contribution in [1.29, 1.82) is 0 Å². The smallest absolute Gasteiger partial charge is 0.0623 e. The zero-order valence-electron chi connectivity index (χ0n) is 12.9. The van der Waals surface area contributed by atoms with Crippen molar-refractivity contribution in [2.45, 2.75) is 12.5 Å². The quantitative estimate of drug-likeness (QED) is 0.646. The van der Waals surface area contributed by atoms with E-state index in [1.165, 1.54) is 5.56 Å². The molecule has 0 saturated carbocycles. The van der Waals surface area contributed by atoms with Crippen LogP contribution in [0.2, 0.25) is 0 Å². The zero-order valence-corrected chi connectivity index (χ0v) is 12.9. The summed E-state index contributed by atoms with van der Waals surface area (Å²) < 4.78 is 0. The topological polar surface area (TPSA) is 12.0 Å². The highest BCUT2D eigenvalue weighted by molar-refractivity contribution is 5.46. The van der Waals surface area contributed by atoms with E-state index in [1.807, 2.05) is 54.6 Å². The second kappa shape index (κ2) is 7.87. The molecule has 1 nitrogen and oxygen atoms in total. The Morgan fingerprint density at radius 3 is 1.91 bits per heavy atom. The highest BCUT2D eigenvalue weighted by Gasteiger charge is 2.09. The van der Waals surface area contributed by atoms with Crippen LogP contribution in [0.15, 0.2) is 91.0 Å². The normalized spacial score (nSPS) is 11.1. The predicted octanol–water partition coefficient (Wildman–Crippen LogP) is 5.28. The minimum atomic E-state index is 0.176. The van der Waals surface area contributed by atoms with Crippen LogP contribution in [-0.2, 0) is 0 Å². The number of para-hydroxylation sites is 1. The Morgan fingerprint density at radius 1 is 0.696 bits per heavy atom. The van der Waals surface area contributed by atoms with Crippen molar-refractivity contribution in [1.82, 2.24) is 0 Å². The van der Waals surface area contributed by atoms with Gasteiger partial charge in [-0.2, -0.15) is 0 Å². The lowest BCUT2D eigenvalue weighted by Crippen LogP contribution is -2.09. The molecular formula is C22H19N. The lowest BCUT2D eigenvalue weighted by atomic mass is 10.0. The van der Waals surface area contributed by atoms with E-state index in [2.05, 4.69) is 53.6 Å². The third kappa shape index (κ3) is 4.49. The van der Waals surface area contributed by atoms with Crippen LogP contribution in [0, 0.1) is 11.8 Å². The highest BCUT2D eigenvalue weighted by Crippen LogP contribution is 2.22. The van der Waals surface area contributed by atoms with E-state index in [4.69, 9.17) is 0 Å². The van der Waals surface area contributed by atoms with Gasteiger partial charge in [0.25, 0.3) is 0 Å². The molecule has 0 spiro atoms. The minimum absolute atomic E-state index is 0.176. The lowest BCUT2D eigenvalue weighted by molar-refractivity contribution is 0.813. The molecule has 1 atom stereocenters. The van der Waals surface area contributed by atoms with Crippen LogP contribution < -0.4 is 5.32 Å².